The number of hydrogen-bond donors (Lipinski definition) is 0. The van der Waals surface area contributed by atoms with Gasteiger partial charge in [-0.15, -0.1) is 0 Å². The summed E-state index contributed by atoms with van der Waals surface area (Å²) in [5, 5.41) is 0. The van der Waals surface area contributed by atoms with Crippen LogP contribution >= 0.6 is 0 Å². The third-order valence-electron chi connectivity index (χ3n) is 1.00. The van der Waals surface area contributed by atoms with Gasteiger partial charge >= 0.3 is 27.9 Å². The summed E-state index contributed by atoms with van der Waals surface area (Å²) in [5.74, 6) is 0. The molecule has 0 bridgehead atoms. The molecule has 0 fully saturated rings. The van der Waals surface area contributed by atoms with Crippen molar-refractivity contribution in [1.29, 1.82) is 0 Å². The molecule has 0 saturated carbocycles. The second-order valence-electron chi connectivity index (χ2n) is 1.32. The van der Waals surface area contributed by atoms with Crippen molar-refractivity contribution in [3.63, 3.8) is 0 Å². The summed E-state index contributed by atoms with van der Waals surface area (Å²) < 4.78 is 19.4. The summed E-state index contributed by atoms with van der Waals surface area (Å²) in [6, 6.07) is 0. The molecule has 0 atom stereocenters. The smallest absolute Gasteiger partial charge is 0.505 e. The Morgan fingerprint density at radius 1 is 0.700 bits per heavy atom. The van der Waals surface area contributed by atoms with Crippen molar-refractivity contribution in [3.8, 4) is 0 Å². The summed E-state index contributed by atoms with van der Waals surface area (Å²) in [7, 11) is 3.26. The van der Waals surface area contributed by atoms with Gasteiger partial charge in [0.1, 0.15) is 0 Å². The van der Waals surface area contributed by atoms with Gasteiger partial charge in [-0.05, 0) is 28.4 Å². The minimum absolute atomic E-state index is 0. The molecule has 0 amide bonds. The van der Waals surface area contributed by atoms with Gasteiger partial charge in [0.25, 0.3) is 0 Å². The Labute approximate surface area is 74.5 Å². The molecule has 0 aromatic carbocycles. The van der Waals surface area contributed by atoms with E-state index in [1.54, 1.807) is 0 Å². The van der Waals surface area contributed by atoms with Crippen LogP contribution in [0.3, 0.4) is 0 Å². The van der Waals surface area contributed by atoms with Gasteiger partial charge in [-0.2, -0.15) is 0 Å². The van der Waals surface area contributed by atoms with Gasteiger partial charge in [0.15, 0.2) is 0 Å². The molecule has 0 aliphatic rings. The summed E-state index contributed by atoms with van der Waals surface area (Å²) >= 11 is 0. The quantitative estimate of drug-likeness (QED) is 0.410. The molecule has 6 heteroatoms. The standard InChI is InChI=1S/C4H12O4Si.Li/c1-5-9(6-2,7-3)8-4;/h1-4H3;/q-1;+1. The third kappa shape index (κ3) is 3.17. The van der Waals surface area contributed by atoms with E-state index in [1.165, 1.54) is 28.4 Å². The molecule has 0 aromatic rings. The van der Waals surface area contributed by atoms with Crippen LogP contribution in [-0.4, -0.2) is 37.5 Å². The monoisotopic (exact) mass is 159 g/mol. The minimum Gasteiger partial charge on any atom is -0.505 e. The molecule has 0 aliphatic carbocycles. The summed E-state index contributed by atoms with van der Waals surface area (Å²) in [5.41, 5.74) is 0. The number of rotatable bonds is 4. The Morgan fingerprint density at radius 3 is 0.900 bits per heavy atom. The van der Waals surface area contributed by atoms with Crippen LogP contribution in [0.1, 0.15) is 0 Å². The fraction of sp³-hybridized carbons (Fsp3) is 1.00. The first kappa shape index (κ1) is 13.3. The molecule has 0 radical (unpaired) electrons. The van der Waals surface area contributed by atoms with E-state index in [0.29, 0.717) is 0 Å². The van der Waals surface area contributed by atoms with E-state index in [0.717, 1.165) is 0 Å². The zero-order valence-corrected chi connectivity index (χ0v) is 8.13. The van der Waals surface area contributed by atoms with E-state index in [1.807, 2.05) is 0 Å². The van der Waals surface area contributed by atoms with Gasteiger partial charge in [0.2, 0.25) is 0 Å². The Hall–Kier alpha value is 0.654. The van der Waals surface area contributed by atoms with Crippen LogP contribution in [0.2, 0.25) is 0 Å². The average Bonchev–Trinajstić information content (AvgIpc) is 1.95. The normalized spacial score (nSPS) is 10.8. The van der Waals surface area contributed by atoms with Gasteiger partial charge in [0, 0.05) is 0 Å². The van der Waals surface area contributed by atoms with Crippen LogP contribution in [0.4, 0.5) is 0 Å². The predicted octanol–water partition coefficient (Wildman–Crippen LogP) is -2.99. The van der Waals surface area contributed by atoms with Crippen LogP contribution in [0.25, 0.3) is 0 Å². The van der Waals surface area contributed by atoms with Crippen molar-refractivity contribution in [2.24, 2.45) is 0 Å². The Bertz CT molecular complexity index is 60.1. The second kappa shape index (κ2) is 6.37. The molecule has 10 heavy (non-hydrogen) atoms. The van der Waals surface area contributed by atoms with Crippen LogP contribution in [0, 0.1) is 0 Å². The first-order valence-electron chi connectivity index (χ1n) is 2.45. The van der Waals surface area contributed by atoms with E-state index < -0.39 is 9.05 Å². The fourth-order valence-corrected chi connectivity index (χ4v) is 1.50. The number of hydrogen-bond acceptors (Lipinski definition) is 4. The molecule has 4 nitrogen and oxygen atoms in total. The van der Waals surface area contributed by atoms with E-state index in [9.17, 15) is 0 Å². The van der Waals surface area contributed by atoms with E-state index >= 15 is 0 Å². The molecule has 0 unspecified atom stereocenters. The van der Waals surface area contributed by atoms with E-state index in [2.05, 4.69) is 0 Å². The Morgan fingerprint density at radius 2 is 0.900 bits per heavy atom. The Kier molecular flexibility index (Phi) is 8.45. The molecule has 57 valence electrons. The van der Waals surface area contributed by atoms with Gasteiger partial charge in [-0.1, -0.05) is 0 Å². The molecular formula is C4H12LiO4Si. The van der Waals surface area contributed by atoms with E-state index in [4.69, 9.17) is 17.7 Å². The minimum atomic E-state index is -2.69. The van der Waals surface area contributed by atoms with Crippen LogP contribution in [0.15, 0.2) is 0 Å². The van der Waals surface area contributed by atoms with Crippen molar-refractivity contribution >= 4 is 9.05 Å². The van der Waals surface area contributed by atoms with Crippen molar-refractivity contribution in [2.75, 3.05) is 28.4 Å². The van der Waals surface area contributed by atoms with Gasteiger partial charge < -0.3 is 17.7 Å². The average molecular weight is 159 g/mol. The largest absolute Gasteiger partial charge is 1.00 e. The van der Waals surface area contributed by atoms with Gasteiger partial charge in [0.05, 0.1) is 0 Å². The summed E-state index contributed by atoms with van der Waals surface area (Å²) in [6.45, 7) is 0. The van der Waals surface area contributed by atoms with E-state index in [-0.39, 0.29) is 18.9 Å². The molecule has 0 N–H and O–H groups in total. The van der Waals surface area contributed by atoms with Crippen molar-refractivity contribution in [3.05, 3.63) is 0 Å². The molecule has 0 spiro atoms. The first-order chi connectivity index (χ1) is 4.24. The molecule has 0 saturated heterocycles. The molecule has 0 aliphatic heterocycles. The molecular weight excluding hydrogens is 147 g/mol. The fourth-order valence-electron chi connectivity index (χ4n) is 0.500. The van der Waals surface area contributed by atoms with Crippen molar-refractivity contribution in [1.82, 2.24) is 0 Å². The summed E-state index contributed by atoms with van der Waals surface area (Å²) in [6.07, 6.45) is 0. The maximum Gasteiger partial charge on any atom is 1.00 e. The van der Waals surface area contributed by atoms with Crippen LogP contribution < -0.4 is 18.9 Å². The predicted molar refractivity (Wildman–Crippen MR) is 33.8 cm³/mol. The van der Waals surface area contributed by atoms with Gasteiger partial charge in [-0.25, -0.2) is 0 Å². The SMILES string of the molecule is CO[Si-](OC)(OC)OC.[Li+]. The second-order valence-corrected chi connectivity index (χ2v) is 3.95. The van der Waals surface area contributed by atoms with Gasteiger partial charge in [-0.3, -0.25) is 0 Å². The maximum absolute atomic E-state index is 4.86. The zero-order chi connectivity index (χ0) is 7.33. The van der Waals surface area contributed by atoms with Crippen LogP contribution in [0.5, 0.6) is 0 Å². The zero-order valence-electron chi connectivity index (χ0n) is 7.13. The third-order valence-corrected chi connectivity index (χ3v) is 3.00. The maximum atomic E-state index is 4.86. The first-order valence-corrected chi connectivity index (χ1v) is 4.08. The Balaban J connectivity index is 0. The topological polar surface area (TPSA) is 36.9 Å². The molecule has 0 rings (SSSR count). The van der Waals surface area contributed by atoms with Crippen molar-refractivity contribution in [2.45, 2.75) is 0 Å². The molecule has 0 aromatic heterocycles. The summed E-state index contributed by atoms with van der Waals surface area (Å²) in [4.78, 5) is 0. The van der Waals surface area contributed by atoms with Crippen molar-refractivity contribution < 1.29 is 36.6 Å². The molecule has 0 heterocycles. The van der Waals surface area contributed by atoms with Crippen LogP contribution in [-0.2, 0) is 17.7 Å².